The number of fused-ring (bicyclic) bond motifs is 5. The lowest BCUT2D eigenvalue weighted by atomic mass is 9.94. The van der Waals surface area contributed by atoms with Gasteiger partial charge in [-0.3, -0.25) is 9.52 Å². The average Bonchev–Trinajstić information content (AvgIpc) is 3.90. The molecule has 224 valence electrons. The molecule has 1 saturated heterocycles. The van der Waals surface area contributed by atoms with Crippen LogP contribution in [0.4, 0.5) is 11.6 Å². The topological polar surface area (TPSA) is 117 Å². The van der Waals surface area contributed by atoms with Gasteiger partial charge in [0.25, 0.3) is 5.91 Å². The maximum atomic E-state index is 13.4. The molecule has 1 aromatic rings. The number of rotatable bonds is 7. The quantitative estimate of drug-likeness (QED) is 0.226. The minimum absolute atomic E-state index is 0.172. The van der Waals surface area contributed by atoms with E-state index in [2.05, 4.69) is 51.9 Å². The van der Waals surface area contributed by atoms with E-state index in [0.29, 0.717) is 63.7 Å². The Kier molecular flexibility index (Phi) is 7.72. The van der Waals surface area contributed by atoms with Crippen molar-refractivity contribution in [1.82, 2.24) is 15.0 Å². The second-order valence-electron chi connectivity index (χ2n) is 13.1. The first-order chi connectivity index (χ1) is 20.2. The largest absolute Gasteiger partial charge is 0.479 e. The Bertz CT molecular complexity index is 1340. The highest BCUT2D eigenvalue weighted by Crippen LogP contribution is 2.93. The van der Waals surface area contributed by atoms with Crippen LogP contribution in [0.5, 0.6) is 0 Å². The van der Waals surface area contributed by atoms with Crippen molar-refractivity contribution in [3.05, 3.63) is 54.6 Å². The summed E-state index contributed by atoms with van der Waals surface area (Å²) in [6.45, 7) is 15.2. The van der Waals surface area contributed by atoms with Crippen molar-refractivity contribution in [1.29, 1.82) is 0 Å². The molecule has 3 saturated carbocycles. The van der Waals surface area contributed by atoms with Crippen molar-refractivity contribution in [2.45, 2.75) is 64.3 Å². The molecular formula is C32H43N7O2S. The predicted molar refractivity (Wildman–Crippen MR) is 171 cm³/mol. The maximum absolute atomic E-state index is 13.4. The summed E-state index contributed by atoms with van der Waals surface area (Å²) in [4.78, 5) is 29.6. The summed E-state index contributed by atoms with van der Waals surface area (Å²) < 4.78 is 8.72. The molecule has 0 radical (unpaired) electrons. The van der Waals surface area contributed by atoms with Crippen LogP contribution in [0.15, 0.2) is 59.0 Å². The molecule has 5 aliphatic rings. The highest BCUT2D eigenvalue weighted by Gasteiger charge is 2.85. The van der Waals surface area contributed by atoms with E-state index in [0.717, 1.165) is 50.2 Å². The summed E-state index contributed by atoms with van der Waals surface area (Å²) in [6, 6.07) is 3.54. The maximum Gasteiger partial charge on any atom is 0.265 e. The van der Waals surface area contributed by atoms with Gasteiger partial charge < -0.3 is 20.7 Å². The molecule has 3 heterocycles. The van der Waals surface area contributed by atoms with Gasteiger partial charge >= 0.3 is 0 Å². The van der Waals surface area contributed by atoms with Gasteiger partial charge in [-0.2, -0.15) is 0 Å². The zero-order chi connectivity index (χ0) is 29.5. The first-order valence-corrected chi connectivity index (χ1v) is 16.0. The molecule has 42 heavy (non-hydrogen) atoms. The lowest BCUT2D eigenvalue weighted by molar-refractivity contribution is 0.0985. The fourth-order valence-corrected chi connectivity index (χ4v) is 8.29. The molecule has 1 unspecified atom stereocenters. The second-order valence-corrected chi connectivity index (χ2v) is 13.9. The van der Waals surface area contributed by atoms with E-state index in [1.54, 1.807) is 30.5 Å². The molecule has 1 aromatic heterocycles. The molecule has 10 heteroatoms. The smallest absolute Gasteiger partial charge is 0.265 e. The van der Waals surface area contributed by atoms with Crippen molar-refractivity contribution in [3.8, 4) is 0 Å². The Morgan fingerprint density at radius 1 is 1.29 bits per heavy atom. The molecule has 6 rings (SSSR count). The van der Waals surface area contributed by atoms with Crippen molar-refractivity contribution in [2.75, 3.05) is 31.1 Å². The third-order valence-electron chi connectivity index (χ3n) is 10.0. The van der Waals surface area contributed by atoms with Crippen LogP contribution in [0.25, 0.3) is 0 Å². The third-order valence-corrected chi connectivity index (χ3v) is 10.8. The summed E-state index contributed by atoms with van der Waals surface area (Å²) in [5.74, 6) is 2.54. The first-order valence-electron chi connectivity index (χ1n) is 15.2. The molecule has 2 spiro atoms. The molecule has 3 aliphatic carbocycles. The van der Waals surface area contributed by atoms with Crippen LogP contribution >= 0.6 is 11.9 Å². The number of hydrogen-bond acceptors (Lipinski definition) is 9. The number of aromatic nitrogens is 1. The molecule has 0 aromatic carbocycles. The molecular weight excluding hydrogens is 546 g/mol. The molecule has 4 fully saturated rings. The lowest BCUT2D eigenvalue weighted by Gasteiger charge is -2.33. The number of nitrogens with zero attached hydrogens (tertiary/aromatic N) is 4. The van der Waals surface area contributed by atoms with Gasteiger partial charge in [0.15, 0.2) is 11.7 Å². The van der Waals surface area contributed by atoms with Crippen molar-refractivity contribution >= 4 is 40.7 Å². The number of hydrogen-bond donors (Lipinski definition) is 3. The zero-order valence-electron chi connectivity index (χ0n) is 24.8. The minimum atomic E-state index is -0.250. The van der Waals surface area contributed by atoms with Crippen LogP contribution < -0.4 is 20.7 Å². The van der Waals surface area contributed by atoms with Crippen LogP contribution in [-0.4, -0.2) is 53.9 Å². The lowest BCUT2D eigenvalue weighted by Crippen LogP contribution is -2.40. The second kappa shape index (κ2) is 11.2. The Labute approximate surface area is 253 Å². The highest BCUT2D eigenvalue weighted by atomic mass is 32.2. The molecule has 1 amide bonds. The van der Waals surface area contributed by atoms with E-state index in [4.69, 9.17) is 15.5 Å². The van der Waals surface area contributed by atoms with E-state index < -0.39 is 0 Å². The van der Waals surface area contributed by atoms with Crippen molar-refractivity contribution in [2.24, 2.45) is 38.4 Å². The van der Waals surface area contributed by atoms with Gasteiger partial charge in [-0.1, -0.05) is 13.2 Å². The van der Waals surface area contributed by atoms with Crippen LogP contribution in [0.2, 0.25) is 0 Å². The van der Waals surface area contributed by atoms with E-state index >= 15 is 0 Å². The molecule has 9 nitrogen and oxygen atoms in total. The third kappa shape index (κ3) is 5.63. The summed E-state index contributed by atoms with van der Waals surface area (Å²) in [6.07, 6.45) is 13.7. The number of nitrogens with two attached hydrogens (primary N) is 1. The molecule has 2 aliphatic heterocycles. The van der Waals surface area contributed by atoms with Crippen LogP contribution in [0.1, 0.15) is 69.2 Å². The zero-order valence-corrected chi connectivity index (χ0v) is 25.6. The number of carbonyl (C=O) groups is 1. The van der Waals surface area contributed by atoms with E-state index in [-0.39, 0.29) is 11.4 Å². The predicted octanol–water partition coefficient (Wildman–Crippen LogP) is 5.26. The first kappa shape index (κ1) is 29.0. The Morgan fingerprint density at radius 3 is 2.76 bits per heavy atom. The molecule has 2 bridgehead atoms. The van der Waals surface area contributed by atoms with Crippen LogP contribution in [0, 0.1) is 22.7 Å². The van der Waals surface area contributed by atoms with E-state index in [9.17, 15) is 4.79 Å². The van der Waals surface area contributed by atoms with Gasteiger partial charge in [0.1, 0.15) is 10.9 Å². The molecule has 4 N–H and O–H groups in total. The number of nitrogens with one attached hydrogen (secondary N) is 2. The minimum Gasteiger partial charge on any atom is -0.479 e. The Hall–Kier alpha value is -3.11. The number of carbonyl (C=O) groups excluding carboxylic acids is 1. The summed E-state index contributed by atoms with van der Waals surface area (Å²) >= 11 is 1.12. The van der Waals surface area contributed by atoms with Crippen LogP contribution in [-0.2, 0) is 4.74 Å². The van der Waals surface area contributed by atoms with Crippen molar-refractivity contribution in [3.63, 3.8) is 0 Å². The number of pyridine rings is 1. The van der Waals surface area contributed by atoms with E-state index in [1.165, 1.54) is 25.7 Å². The SMILES string of the molecule is C=CC1=NC(=C)CNCCC2CN(c3nc(N=C/C=C(\N)OCCC4C5(CC5)C45CC5)ccc3C(=O)NS1)C(C)(C)C2. The van der Waals surface area contributed by atoms with E-state index in [1.807, 2.05) is 0 Å². The summed E-state index contributed by atoms with van der Waals surface area (Å²) in [5.41, 5.74) is 8.52. The van der Waals surface area contributed by atoms with Gasteiger partial charge in [-0.15, -0.1) is 0 Å². The summed E-state index contributed by atoms with van der Waals surface area (Å²) in [7, 11) is 0. The Morgan fingerprint density at radius 2 is 2.05 bits per heavy atom. The monoisotopic (exact) mass is 589 g/mol. The molecule has 1 atom stereocenters. The fraction of sp³-hybridized carbons (Fsp3) is 0.562. The highest BCUT2D eigenvalue weighted by molar-refractivity contribution is 8.13. The van der Waals surface area contributed by atoms with Crippen molar-refractivity contribution < 1.29 is 9.53 Å². The number of anilines is 1. The van der Waals surface area contributed by atoms with Gasteiger partial charge in [-0.25, -0.2) is 15.0 Å². The fourth-order valence-electron chi connectivity index (χ4n) is 7.73. The number of aliphatic imine (C=N–C) groups is 2. The number of allylic oxidation sites excluding steroid dienone is 1. The normalized spacial score (nSPS) is 26.3. The standard InChI is InChI=1S/C32H43N7O2S/c1-5-27-36-21(2)19-34-15-8-22-18-30(3,4)39(20-22)28-23(29(40)38-42-27)6-7-26(37-28)35-16-9-25(33)41-17-10-24-31(11-12-31)32(24)13-14-32/h5-7,9,16,22,24,34H,1-2,8,10-15,17-20,33H2,3-4H3,(H,38,40)/b25-9+,35-16?,36-27?. The Balaban J connectivity index is 1.17. The number of ether oxygens (including phenoxy) is 1. The summed E-state index contributed by atoms with van der Waals surface area (Å²) in [5, 5.41) is 4.02. The van der Waals surface area contributed by atoms with Crippen LogP contribution in [0.3, 0.4) is 0 Å². The number of amides is 1. The average molecular weight is 590 g/mol. The van der Waals surface area contributed by atoms with Gasteiger partial charge in [0.05, 0.1) is 12.2 Å². The van der Waals surface area contributed by atoms with Gasteiger partial charge in [-0.05, 0) is 106 Å². The van der Waals surface area contributed by atoms with Gasteiger partial charge in [0.2, 0.25) is 0 Å². The van der Waals surface area contributed by atoms with Gasteiger partial charge in [0, 0.05) is 48.6 Å².